The molecule has 3 rings (SSSR count). The van der Waals surface area contributed by atoms with E-state index in [0.29, 0.717) is 18.2 Å². The normalized spacial score (nSPS) is 17.9. The zero-order valence-electron chi connectivity index (χ0n) is 12.7. The summed E-state index contributed by atoms with van der Waals surface area (Å²) in [7, 11) is 0. The summed E-state index contributed by atoms with van der Waals surface area (Å²) in [5.41, 5.74) is 0.835. The molecule has 6 heteroatoms. The van der Waals surface area contributed by atoms with Gasteiger partial charge in [-0.15, -0.1) is 0 Å². The van der Waals surface area contributed by atoms with Crippen molar-refractivity contribution in [1.29, 1.82) is 0 Å². The SMILES string of the molecule is CCC(=O)N1CCC(CCc2noc(-c3cccnc3)n2)C1. The summed E-state index contributed by atoms with van der Waals surface area (Å²) in [4.78, 5) is 22.1. The topological polar surface area (TPSA) is 72.1 Å². The first-order valence-corrected chi connectivity index (χ1v) is 7.77. The van der Waals surface area contributed by atoms with Crippen LogP contribution in [0.1, 0.15) is 32.0 Å². The molecule has 3 heterocycles. The van der Waals surface area contributed by atoms with E-state index >= 15 is 0 Å². The largest absolute Gasteiger partial charge is 0.342 e. The van der Waals surface area contributed by atoms with E-state index in [2.05, 4.69) is 15.1 Å². The van der Waals surface area contributed by atoms with Gasteiger partial charge in [0.2, 0.25) is 5.91 Å². The Morgan fingerprint density at radius 1 is 1.50 bits per heavy atom. The monoisotopic (exact) mass is 300 g/mol. The molecule has 0 spiro atoms. The van der Waals surface area contributed by atoms with Crippen LogP contribution in [0.15, 0.2) is 29.0 Å². The summed E-state index contributed by atoms with van der Waals surface area (Å²) in [5, 5.41) is 4.03. The van der Waals surface area contributed by atoms with Gasteiger partial charge in [0.05, 0.1) is 5.56 Å². The molecule has 0 aliphatic carbocycles. The number of amides is 1. The third-order valence-corrected chi connectivity index (χ3v) is 4.09. The second-order valence-corrected chi connectivity index (χ2v) is 5.64. The minimum Gasteiger partial charge on any atom is -0.342 e. The standard InChI is InChI=1S/C16H20N4O2/c1-2-15(21)20-9-7-12(11-20)5-6-14-18-16(22-19-14)13-4-3-8-17-10-13/h3-4,8,10,12H,2,5-7,9,11H2,1H3. The predicted molar refractivity (Wildman–Crippen MR) is 80.8 cm³/mol. The van der Waals surface area contributed by atoms with Gasteiger partial charge < -0.3 is 9.42 Å². The van der Waals surface area contributed by atoms with E-state index in [1.165, 1.54) is 0 Å². The summed E-state index contributed by atoms with van der Waals surface area (Å²) >= 11 is 0. The summed E-state index contributed by atoms with van der Waals surface area (Å²) < 4.78 is 5.28. The van der Waals surface area contributed by atoms with Gasteiger partial charge in [-0.3, -0.25) is 9.78 Å². The van der Waals surface area contributed by atoms with Crippen LogP contribution in [0.5, 0.6) is 0 Å². The van der Waals surface area contributed by atoms with E-state index in [9.17, 15) is 4.79 Å². The summed E-state index contributed by atoms with van der Waals surface area (Å²) in [6.07, 6.45) is 6.85. The molecule has 0 saturated carbocycles. The van der Waals surface area contributed by atoms with Crippen LogP contribution in [0.3, 0.4) is 0 Å². The average Bonchev–Trinajstić information content (AvgIpc) is 3.22. The number of carbonyl (C=O) groups excluding carboxylic acids is 1. The van der Waals surface area contributed by atoms with Gasteiger partial charge in [-0.1, -0.05) is 12.1 Å². The van der Waals surface area contributed by atoms with Gasteiger partial charge in [-0.05, 0) is 30.9 Å². The van der Waals surface area contributed by atoms with Crippen molar-refractivity contribution in [2.45, 2.75) is 32.6 Å². The van der Waals surface area contributed by atoms with Crippen LogP contribution < -0.4 is 0 Å². The van der Waals surface area contributed by atoms with Gasteiger partial charge in [0.25, 0.3) is 5.89 Å². The third-order valence-electron chi connectivity index (χ3n) is 4.09. The first kappa shape index (κ1) is 14.7. The minimum atomic E-state index is 0.251. The number of aromatic nitrogens is 3. The van der Waals surface area contributed by atoms with Crippen molar-refractivity contribution in [3.8, 4) is 11.5 Å². The van der Waals surface area contributed by atoms with Gasteiger partial charge in [0, 0.05) is 38.3 Å². The van der Waals surface area contributed by atoms with Crippen molar-refractivity contribution in [2.24, 2.45) is 5.92 Å². The second-order valence-electron chi connectivity index (χ2n) is 5.64. The van der Waals surface area contributed by atoms with Crippen LogP contribution in [0.2, 0.25) is 0 Å². The van der Waals surface area contributed by atoms with Gasteiger partial charge in [0.1, 0.15) is 0 Å². The summed E-state index contributed by atoms with van der Waals surface area (Å²) in [6.45, 7) is 3.65. The molecular formula is C16H20N4O2. The van der Waals surface area contributed by atoms with Crippen LogP contribution in [0.4, 0.5) is 0 Å². The Morgan fingerprint density at radius 2 is 2.41 bits per heavy atom. The maximum absolute atomic E-state index is 11.7. The first-order chi connectivity index (χ1) is 10.8. The van der Waals surface area contributed by atoms with Crippen LogP contribution >= 0.6 is 0 Å². The fourth-order valence-electron chi connectivity index (χ4n) is 2.81. The Bertz CT molecular complexity index is 626. The predicted octanol–water partition coefficient (Wildman–Crippen LogP) is 2.32. The Hall–Kier alpha value is -2.24. The lowest BCUT2D eigenvalue weighted by Crippen LogP contribution is -2.27. The number of carbonyl (C=O) groups is 1. The van der Waals surface area contributed by atoms with Crippen molar-refractivity contribution in [2.75, 3.05) is 13.1 Å². The number of rotatable bonds is 5. The first-order valence-electron chi connectivity index (χ1n) is 7.77. The summed E-state index contributed by atoms with van der Waals surface area (Å²) in [6, 6.07) is 3.74. The van der Waals surface area contributed by atoms with Crippen molar-refractivity contribution in [3.05, 3.63) is 30.4 Å². The molecule has 2 aromatic heterocycles. The minimum absolute atomic E-state index is 0.251. The van der Waals surface area contributed by atoms with Crippen LogP contribution in [0.25, 0.3) is 11.5 Å². The molecule has 6 nitrogen and oxygen atoms in total. The Morgan fingerprint density at radius 3 is 3.18 bits per heavy atom. The van der Waals surface area contributed by atoms with E-state index in [4.69, 9.17) is 4.52 Å². The van der Waals surface area contributed by atoms with Crippen molar-refractivity contribution >= 4 is 5.91 Å². The van der Waals surface area contributed by atoms with Crippen molar-refractivity contribution in [1.82, 2.24) is 20.0 Å². The molecule has 1 aliphatic heterocycles. The smallest absolute Gasteiger partial charge is 0.259 e. The van der Waals surface area contributed by atoms with E-state index < -0.39 is 0 Å². The fraction of sp³-hybridized carbons (Fsp3) is 0.500. The van der Waals surface area contributed by atoms with E-state index in [-0.39, 0.29) is 5.91 Å². The van der Waals surface area contributed by atoms with Gasteiger partial charge in [-0.25, -0.2) is 0 Å². The Balaban J connectivity index is 1.53. The molecule has 22 heavy (non-hydrogen) atoms. The maximum Gasteiger partial charge on any atom is 0.259 e. The van der Waals surface area contributed by atoms with E-state index in [1.807, 2.05) is 24.0 Å². The highest BCUT2D eigenvalue weighted by Gasteiger charge is 2.25. The molecular weight excluding hydrogens is 280 g/mol. The number of nitrogens with zero attached hydrogens (tertiary/aromatic N) is 4. The van der Waals surface area contributed by atoms with Gasteiger partial charge in [0.15, 0.2) is 5.82 Å². The molecule has 0 aromatic carbocycles. The molecule has 1 unspecified atom stereocenters. The molecule has 1 fully saturated rings. The van der Waals surface area contributed by atoms with Crippen molar-refractivity contribution in [3.63, 3.8) is 0 Å². The molecule has 1 atom stereocenters. The quantitative estimate of drug-likeness (QED) is 0.847. The summed E-state index contributed by atoms with van der Waals surface area (Å²) in [5.74, 6) is 2.02. The number of pyridine rings is 1. The molecule has 116 valence electrons. The average molecular weight is 300 g/mol. The Kier molecular flexibility index (Phi) is 4.46. The fourth-order valence-corrected chi connectivity index (χ4v) is 2.81. The number of hydrogen-bond donors (Lipinski definition) is 0. The van der Waals surface area contributed by atoms with Crippen LogP contribution in [-0.4, -0.2) is 39.0 Å². The maximum atomic E-state index is 11.7. The highest BCUT2D eigenvalue weighted by Crippen LogP contribution is 2.22. The Labute approximate surface area is 129 Å². The van der Waals surface area contributed by atoms with Gasteiger partial charge >= 0.3 is 0 Å². The molecule has 1 aliphatic rings. The molecule has 0 N–H and O–H groups in total. The zero-order valence-corrected chi connectivity index (χ0v) is 12.7. The molecule has 1 saturated heterocycles. The molecule has 1 amide bonds. The van der Waals surface area contributed by atoms with E-state index in [1.54, 1.807) is 12.4 Å². The van der Waals surface area contributed by atoms with Gasteiger partial charge in [-0.2, -0.15) is 4.98 Å². The number of aryl methyl sites for hydroxylation is 1. The number of likely N-dealkylation sites (tertiary alicyclic amines) is 1. The second kappa shape index (κ2) is 6.68. The highest BCUT2D eigenvalue weighted by atomic mass is 16.5. The lowest BCUT2D eigenvalue weighted by Gasteiger charge is -2.15. The number of hydrogen-bond acceptors (Lipinski definition) is 5. The molecule has 2 aromatic rings. The van der Waals surface area contributed by atoms with Crippen LogP contribution in [0, 0.1) is 5.92 Å². The van der Waals surface area contributed by atoms with E-state index in [0.717, 1.165) is 43.7 Å². The van der Waals surface area contributed by atoms with Crippen LogP contribution in [-0.2, 0) is 11.2 Å². The van der Waals surface area contributed by atoms with Crippen molar-refractivity contribution < 1.29 is 9.32 Å². The molecule has 0 radical (unpaired) electrons. The third kappa shape index (κ3) is 3.32. The lowest BCUT2D eigenvalue weighted by molar-refractivity contribution is -0.129. The lowest BCUT2D eigenvalue weighted by atomic mass is 10.0. The highest BCUT2D eigenvalue weighted by molar-refractivity contribution is 5.76. The zero-order chi connectivity index (χ0) is 15.4. The molecule has 0 bridgehead atoms.